The second-order valence-electron chi connectivity index (χ2n) is 10.4. The van der Waals surface area contributed by atoms with Gasteiger partial charge in [0.15, 0.2) is 0 Å². The lowest BCUT2D eigenvalue weighted by molar-refractivity contribution is -0.514. The minimum atomic E-state index is -3.14. The van der Waals surface area contributed by atoms with Gasteiger partial charge in [-0.2, -0.15) is 0 Å². The van der Waals surface area contributed by atoms with Crippen molar-refractivity contribution in [2.45, 2.75) is 18.9 Å². The van der Waals surface area contributed by atoms with Gasteiger partial charge in [0.25, 0.3) is 0 Å². The fourth-order valence-electron chi connectivity index (χ4n) is 6.11. The van der Waals surface area contributed by atoms with Crippen molar-refractivity contribution >= 4 is 40.0 Å². The molecule has 0 radical (unpaired) electrons. The van der Waals surface area contributed by atoms with Gasteiger partial charge in [-0.3, -0.25) is 14.9 Å². The van der Waals surface area contributed by atoms with Gasteiger partial charge >= 0.3 is 11.9 Å². The van der Waals surface area contributed by atoms with Crippen molar-refractivity contribution in [1.82, 2.24) is 0 Å². The van der Waals surface area contributed by atoms with E-state index in [0.29, 0.717) is 5.56 Å². The summed E-state index contributed by atoms with van der Waals surface area (Å²) in [6, 6.07) is 34.6. The number of methoxy groups -OCH3 is 2. The Morgan fingerprint density at radius 1 is 0.721 bits per heavy atom. The average molecular weight is 594 g/mol. The number of benzene rings is 4. The normalized spacial score (nSPS) is 17.9. The van der Waals surface area contributed by atoms with E-state index in [0.717, 1.165) is 21.5 Å². The lowest BCUT2D eigenvalue weighted by Gasteiger charge is -2.33. The Kier molecular flexibility index (Phi) is 8.74. The van der Waals surface area contributed by atoms with Gasteiger partial charge in [-0.25, -0.2) is 4.79 Å². The van der Waals surface area contributed by atoms with Gasteiger partial charge in [0.2, 0.25) is 6.04 Å². The van der Waals surface area contributed by atoms with Crippen LogP contribution in [0.2, 0.25) is 0 Å². The van der Waals surface area contributed by atoms with Crippen LogP contribution in [0.3, 0.4) is 0 Å². The van der Waals surface area contributed by atoms with Gasteiger partial charge < -0.3 is 9.47 Å². The van der Waals surface area contributed by atoms with Crippen molar-refractivity contribution in [3.63, 3.8) is 0 Å². The van der Waals surface area contributed by atoms with Crippen molar-refractivity contribution in [3.8, 4) is 0 Å². The molecule has 0 bridgehead atoms. The maximum absolute atomic E-state index is 14.3. The summed E-state index contributed by atoms with van der Waals surface area (Å²) in [6.07, 6.45) is 1.57. The van der Waals surface area contributed by atoms with E-state index in [2.05, 4.69) is 0 Å². The maximum atomic E-state index is 14.3. The summed E-state index contributed by atoms with van der Waals surface area (Å²) >= 11 is 0. The molecular weight excluding hydrogens is 561 g/mol. The molecule has 1 aliphatic carbocycles. The summed E-state index contributed by atoms with van der Waals surface area (Å²) in [5.74, 6) is -3.19. The zero-order valence-corrected chi connectivity index (χ0v) is 25.0. The zero-order chi connectivity index (χ0) is 30.6. The van der Waals surface area contributed by atoms with Crippen molar-refractivity contribution in [2.24, 2.45) is 5.92 Å². The topological polar surface area (TPSA) is 95.7 Å². The molecule has 0 amide bonds. The molecular formula is C35H32NO6P. The van der Waals surface area contributed by atoms with Crippen LogP contribution < -0.4 is 15.9 Å². The number of carbonyl (C=O) groups excluding carboxylic acids is 2. The van der Waals surface area contributed by atoms with Crippen LogP contribution in [-0.4, -0.2) is 42.4 Å². The molecule has 0 heterocycles. The summed E-state index contributed by atoms with van der Waals surface area (Å²) in [6.45, 7) is -1.21. The third kappa shape index (κ3) is 5.33. The van der Waals surface area contributed by atoms with Gasteiger partial charge in [-0.1, -0.05) is 127 Å². The highest BCUT2D eigenvalue weighted by Gasteiger charge is 2.53. The van der Waals surface area contributed by atoms with Crippen molar-refractivity contribution < 1.29 is 24.0 Å². The zero-order valence-electron chi connectivity index (χ0n) is 24.1. The lowest BCUT2D eigenvalue weighted by Crippen LogP contribution is -2.39. The van der Waals surface area contributed by atoms with E-state index in [1.165, 1.54) is 14.2 Å². The maximum Gasteiger partial charge on any atom is 0.339 e. The highest BCUT2D eigenvalue weighted by molar-refractivity contribution is 7.96. The predicted molar refractivity (Wildman–Crippen MR) is 170 cm³/mol. The summed E-state index contributed by atoms with van der Waals surface area (Å²) < 4.78 is 10.6. The van der Waals surface area contributed by atoms with E-state index in [1.807, 2.05) is 110 Å². The van der Waals surface area contributed by atoms with E-state index in [1.54, 1.807) is 18.2 Å². The predicted octanol–water partition coefficient (Wildman–Crippen LogP) is 4.79. The first kappa shape index (κ1) is 29.7. The Hall–Kier alpha value is -4.74. The third-order valence-corrected chi connectivity index (χ3v) is 12.3. The minimum Gasteiger partial charge on any atom is -0.469 e. The molecule has 3 atom stereocenters. The number of ether oxygens (including phenoxy) is 2. The largest absolute Gasteiger partial charge is 0.469 e. The molecule has 0 aliphatic heterocycles. The average Bonchev–Trinajstić information content (AvgIpc) is 3.45. The molecule has 5 rings (SSSR count). The van der Waals surface area contributed by atoms with Crippen LogP contribution in [0.1, 0.15) is 17.0 Å². The Balaban J connectivity index is 1.99. The number of aryl methyl sites for hydroxylation is 1. The molecule has 4 aromatic rings. The molecule has 0 aromatic heterocycles. The Morgan fingerprint density at radius 2 is 1.19 bits per heavy atom. The SMILES string of the molecule is COC(=O)C(C1=C[C@H](C(=O)OC)[C@H](c2ccc(C)cc2)[C@H]1[N+](=O)[O-])=P(c1ccccc1)(c1ccccc1)c1ccccc1. The highest BCUT2D eigenvalue weighted by Crippen LogP contribution is 2.52. The summed E-state index contributed by atoms with van der Waals surface area (Å²) in [5.41, 5.74) is 1.76. The first-order chi connectivity index (χ1) is 20.8. The molecule has 218 valence electrons. The van der Waals surface area contributed by atoms with Gasteiger partial charge in [-0.15, -0.1) is 0 Å². The van der Waals surface area contributed by atoms with Crippen molar-refractivity contribution in [1.29, 1.82) is 0 Å². The summed E-state index contributed by atoms with van der Waals surface area (Å²) in [5, 5.41) is 15.8. The van der Waals surface area contributed by atoms with Gasteiger partial charge in [0.05, 0.1) is 31.3 Å². The summed E-state index contributed by atoms with van der Waals surface area (Å²) in [7, 11) is 2.55. The van der Waals surface area contributed by atoms with Gasteiger partial charge in [-0.05, 0) is 35.3 Å². The Labute approximate surface area is 250 Å². The fourth-order valence-corrected chi connectivity index (χ4v) is 10.6. The minimum absolute atomic E-state index is 0.169. The van der Waals surface area contributed by atoms with E-state index in [9.17, 15) is 19.7 Å². The molecule has 0 fully saturated rings. The molecule has 0 N–H and O–H groups in total. The number of hydrogen-bond donors (Lipinski definition) is 0. The molecule has 4 aromatic carbocycles. The van der Waals surface area contributed by atoms with Gasteiger partial charge in [0.1, 0.15) is 0 Å². The first-order valence-electron chi connectivity index (χ1n) is 13.9. The van der Waals surface area contributed by atoms with Crippen LogP contribution in [0.4, 0.5) is 0 Å². The van der Waals surface area contributed by atoms with E-state index in [-0.39, 0.29) is 10.9 Å². The van der Waals surface area contributed by atoms with E-state index < -0.39 is 41.6 Å². The number of nitrogens with zero attached hydrogens (tertiary/aromatic N) is 1. The lowest BCUT2D eigenvalue weighted by atomic mass is 9.84. The molecule has 1 aliphatic rings. The monoisotopic (exact) mass is 593 g/mol. The third-order valence-electron chi connectivity index (χ3n) is 7.99. The number of carbonyl (C=O) groups is 2. The van der Waals surface area contributed by atoms with Crippen molar-refractivity contribution in [2.75, 3.05) is 14.2 Å². The number of esters is 2. The first-order valence-corrected chi connectivity index (χ1v) is 15.6. The van der Waals surface area contributed by atoms with E-state index >= 15 is 0 Å². The second-order valence-corrected chi connectivity index (χ2v) is 13.7. The molecule has 7 nitrogen and oxygen atoms in total. The van der Waals surface area contributed by atoms with Crippen molar-refractivity contribution in [3.05, 3.63) is 148 Å². The number of nitro groups is 1. The Morgan fingerprint density at radius 3 is 1.58 bits per heavy atom. The molecule has 0 spiro atoms. The Bertz CT molecular complexity index is 1610. The smallest absolute Gasteiger partial charge is 0.339 e. The van der Waals surface area contributed by atoms with Crippen LogP contribution in [0.5, 0.6) is 0 Å². The summed E-state index contributed by atoms with van der Waals surface area (Å²) in [4.78, 5) is 40.3. The molecule has 43 heavy (non-hydrogen) atoms. The fraction of sp³-hybridized carbons (Fsp3) is 0.171. The molecule has 0 saturated carbocycles. The number of hydrogen-bond acceptors (Lipinski definition) is 6. The molecule has 8 heteroatoms. The van der Waals surface area contributed by atoms with Crippen LogP contribution in [0, 0.1) is 23.0 Å². The number of rotatable bonds is 8. The highest BCUT2D eigenvalue weighted by atomic mass is 31.2. The van der Waals surface area contributed by atoms with Gasteiger partial charge in [0, 0.05) is 10.5 Å². The van der Waals surface area contributed by atoms with E-state index in [4.69, 9.17) is 9.47 Å². The standard InChI is InChI=1S/C35H32NO6P/c1-24-19-21-25(22-20-24)31-29(34(37)41-2)23-30(32(31)36(39)40)33(35(38)42-3)43(26-13-7-4-8-14-26,27-15-9-5-10-16-27)28-17-11-6-12-18-28/h4-23,29,31-32H,1-3H3/t29-,31-,32-/m0/s1. The van der Waals surface area contributed by atoms with Crippen LogP contribution in [0.15, 0.2) is 127 Å². The molecule has 0 unspecified atom stereocenters. The van der Waals surface area contributed by atoms with Crippen LogP contribution >= 0.6 is 6.89 Å². The van der Waals surface area contributed by atoms with Crippen LogP contribution in [0.25, 0.3) is 0 Å². The second kappa shape index (κ2) is 12.6. The molecule has 0 saturated heterocycles. The van der Waals surface area contributed by atoms with Crippen LogP contribution in [-0.2, 0) is 19.1 Å². The quantitative estimate of drug-likeness (QED) is 0.126.